The summed E-state index contributed by atoms with van der Waals surface area (Å²) >= 11 is 0. The number of ether oxygens (including phenoxy) is 1. The minimum atomic E-state index is 0.149. The molecule has 3 nitrogen and oxygen atoms in total. The minimum Gasteiger partial charge on any atom is -0.494 e. The van der Waals surface area contributed by atoms with Gasteiger partial charge in [-0.1, -0.05) is 74.9 Å². The molecule has 0 saturated carbocycles. The van der Waals surface area contributed by atoms with Gasteiger partial charge in [0.05, 0.1) is 17.6 Å². The van der Waals surface area contributed by atoms with Crippen LogP contribution in [0, 0.1) is 6.92 Å². The molecule has 0 saturated heterocycles. The monoisotopic (exact) mass is 412 g/mol. The van der Waals surface area contributed by atoms with Gasteiger partial charge in [-0.3, -0.25) is 0 Å². The molecular formula is C28H32N2O. The summed E-state index contributed by atoms with van der Waals surface area (Å²) in [7, 11) is 0. The molecule has 0 bridgehead atoms. The van der Waals surface area contributed by atoms with Gasteiger partial charge >= 0.3 is 0 Å². The van der Waals surface area contributed by atoms with Crippen molar-refractivity contribution in [3.8, 4) is 17.1 Å². The standard InChI is InChI=1S/C28H32N2O/c1-21-11-17-24(18-12-21)31-20-8-7-19-30-26-10-6-5-9-25(26)29-27(30)22-13-15-23(16-14-22)28(2,3)4/h5-6,9-18H,7-8,19-20H2,1-4H3. The van der Waals surface area contributed by atoms with Crippen LogP contribution in [0.4, 0.5) is 0 Å². The number of hydrogen-bond acceptors (Lipinski definition) is 2. The lowest BCUT2D eigenvalue weighted by Crippen LogP contribution is -2.10. The van der Waals surface area contributed by atoms with Crippen LogP contribution in [0.2, 0.25) is 0 Å². The smallest absolute Gasteiger partial charge is 0.141 e. The highest BCUT2D eigenvalue weighted by Crippen LogP contribution is 2.28. The highest BCUT2D eigenvalue weighted by atomic mass is 16.5. The SMILES string of the molecule is Cc1ccc(OCCCCn2c(-c3ccc(C(C)(C)C)cc3)nc3ccccc32)cc1. The van der Waals surface area contributed by atoms with Crippen molar-refractivity contribution in [3.63, 3.8) is 0 Å². The van der Waals surface area contributed by atoms with E-state index in [1.807, 2.05) is 12.1 Å². The number of aryl methyl sites for hydroxylation is 2. The predicted octanol–water partition coefficient (Wildman–Crippen LogP) is 7.17. The second kappa shape index (κ2) is 8.97. The van der Waals surface area contributed by atoms with E-state index in [0.717, 1.165) is 43.1 Å². The van der Waals surface area contributed by atoms with Crippen molar-refractivity contribution in [1.82, 2.24) is 9.55 Å². The van der Waals surface area contributed by atoms with Crippen LogP contribution in [0.15, 0.2) is 72.8 Å². The zero-order chi connectivity index (χ0) is 21.8. The number of imidazole rings is 1. The van der Waals surface area contributed by atoms with Crippen LogP contribution in [0.1, 0.15) is 44.7 Å². The molecule has 0 aliphatic heterocycles. The van der Waals surface area contributed by atoms with Gasteiger partial charge in [-0.05, 0) is 55.0 Å². The van der Waals surface area contributed by atoms with E-state index < -0.39 is 0 Å². The molecule has 0 amide bonds. The van der Waals surface area contributed by atoms with Crippen molar-refractivity contribution in [3.05, 3.63) is 83.9 Å². The van der Waals surface area contributed by atoms with E-state index in [1.54, 1.807) is 0 Å². The Bertz CT molecular complexity index is 1130. The van der Waals surface area contributed by atoms with Crippen molar-refractivity contribution < 1.29 is 4.74 Å². The largest absolute Gasteiger partial charge is 0.494 e. The fraction of sp³-hybridized carbons (Fsp3) is 0.321. The molecule has 4 aromatic rings. The summed E-state index contributed by atoms with van der Waals surface area (Å²) < 4.78 is 8.26. The molecule has 0 fully saturated rings. The van der Waals surface area contributed by atoms with E-state index in [0.29, 0.717) is 0 Å². The first-order valence-corrected chi connectivity index (χ1v) is 11.2. The Morgan fingerprint density at radius 3 is 2.26 bits per heavy atom. The molecule has 3 aromatic carbocycles. The number of fused-ring (bicyclic) bond motifs is 1. The molecule has 0 spiro atoms. The van der Waals surface area contributed by atoms with Crippen LogP contribution in [-0.4, -0.2) is 16.2 Å². The normalized spacial score (nSPS) is 11.7. The molecule has 4 rings (SSSR count). The summed E-state index contributed by atoms with van der Waals surface area (Å²) in [5, 5.41) is 0. The quantitative estimate of drug-likeness (QED) is 0.301. The second-order valence-electron chi connectivity index (χ2n) is 9.27. The van der Waals surface area contributed by atoms with E-state index in [9.17, 15) is 0 Å². The van der Waals surface area contributed by atoms with Crippen LogP contribution in [0.5, 0.6) is 5.75 Å². The Hall–Kier alpha value is -3.07. The first kappa shape index (κ1) is 21.2. The fourth-order valence-corrected chi connectivity index (χ4v) is 3.84. The first-order valence-electron chi connectivity index (χ1n) is 11.2. The number of hydrogen-bond donors (Lipinski definition) is 0. The van der Waals surface area contributed by atoms with Crippen molar-refractivity contribution >= 4 is 11.0 Å². The van der Waals surface area contributed by atoms with Crippen LogP contribution in [0.25, 0.3) is 22.4 Å². The number of aromatic nitrogens is 2. The van der Waals surface area contributed by atoms with Gasteiger partial charge in [-0.2, -0.15) is 0 Å². The number of rotatable bonds is 7. The maximum atomic E-state index is 5.90. The Labute approximate surface area is 185 Å². The van der Waals surface area contributed by atoms with E-state index in [1.165, 1.54) is 22.2 Å². The van der Waals surface area contributed by atoms with Gasteiger partial charge < -0.3 is 9.30 Å². The molecule has 160 valence electrons. The van der Waals surface area contributed by atoms with Gasteiger partial charge in [-0.25, -0.2) is 4.98 Å². The lowest BCUT2D eigenvalue weighted by molar-refractivity contribution is 0.303. The third-order valence-corrected chi connectivity index (χ3v) is 5.73. The van der Waals surface area contributed by atoms with E-state index in [2.05, 4.69) is 92.9 Å². The fourth-order valence-electron chi connectivity index (χ4n) is 3.84. The molecule has 0 atom stereocenters. The molecule has 0 radical (unpaired) electrons. The topological polar surface area (TPSA) is 27.1 Å². The average molecular weight is 413 g/mol. The average Bonchev–Trinajstić information content (AvgIpc) is 3.13. The van der Waals surface area contributed by atoms with Crippen molar-refractivity contribution in [1.29, 1.82) is 0 Å². The minimum absolute atomic E-state index is 0.149. The molecule has 0 aliphatic rings. The van der Waals surface area contributed by atoms with Crippen molar-refractivity contribution in [2.75, 3.05) is 6.61 Å². The summed E-state index contributed by atoms with van der Waals surface area (Å²) in [6, 6.07) is 25.5. The highest BCUT2D eigenvalue weighted by molar-refractivity contribution is 5.80. The van der Waals surface area contributed by atoms with Crippen LogP contribution in [-0.2, 0) is 12.0 Å². The molecular weight excluding hydrogens is 380 g/mol. The Morgan fingerprint density at radius 1 is 0.839 bits per heavy atom. The molecule has 0 unspecified atom stereocenters. The zero-order valence-electron chi connectivity index (χ0n) is 19.1. The summed E-state index contributed by atoms with van der Waals surface area (Å²) in [6.45, 7) is 10.5. The molecule has 31 heavy (non-hydrogen) atoms. The summed E-state index contributed by atoms with van der Waals surface area (Å²) in [6.07, 6.45) is 2.04. The van der Waals surface area contributed by atoms with Crippen LogP contribution in [0.3, 0.4) is 0 Å². The number of benzene rings is 3. The number of para-hydroxylation sites is 2. The van der Waals surface area contributed by atoms with Crippen molar-refractivity contribution in [2.45, 2.75) is 52.5 Å². The Morgan fingerprint density at radius 2 is 1.55 bits per heavy atom. The Kier molecular flexibility index (Phi) is 6.13. The Balaban J connectivity index is 1.48. The molecule has 3 heteroatoms. The number of nitrogens with zero attached hydrogens (tertiary/aromatic N) is 2. The maximum absolute atomic E-state index is 5.90. The summed E-state index contributed by atoms with van der Waals surface area (Å²) in [5.41, 5.74) is 6.15. The van der Waals surface area contributed by atoms with E-state index >= 15 is 0 Å². The van der Waals surface area contributed by atoms with Gasteiger partial charge in [0.1, 0.15) is 11.6 Å². The lowest BCUT2D eigenvalue weighted by Gasteiger charge is -2.19. The van der Waals surface area contributed by atoms with E-state index in [-0.39, 0.29) is 5.41 Å². The molecule has 0 N–H and O–H groups in total. The predicted molar refractivity (Wildman–Crippen MR) is 130 cm³/mol. The van der Waals surface area contributed by atoms with Gasteiger partial charge in [0, 0.05) is 12.1 Å². The zero-order valence-corrected chi connectivity index (χ0v) is 19.1. The van der Waals surface area contributed by atoms with Gasteiger partial charge in [0.15, 0.2) is 0 Å². The van der Waals surface area contributed by atoms with Gasteiger partial charge in [0.2, 0.25) is 0 Å². The molecule has 1 aromatic heterocycles. The summed E-state index contributed by atoms with van der Waals surface area (Å²) in [5.74, 6) is 1.99. The lowest BCUT2D eigenvalue weighted by atomic mass is 9.87. The third-order valence-electron chi connectivity index (χ3n) is 5.73. The van der Waals surface area contributed by atoms with Gasteiger partial charge in [0.25, 0.3) is 0 Å². The highest BCUT2D eigenvalue weighted by Gasteiger charge is 2.16. The van der Waals surface area contributed by atoms with Gasteiger partial charge in [-0.15, -0.1) is 0 Å². The number of unbranched alkanes of at least 4 members (excludes halogenated alkanes) is 1. The molecule has 0 aliphatic carbocycles. The van der Waals surface area contributed by atoms with Crippen molar-refractivity contribution in [2.24, 2.45) is 0 Å². The first-order chi connectivity index (χ1) is 14.9. The summed E-state index contributed by atoms with van der Waals surface area (Å²) in [4.78, 5) is 4.96. The molecule has 1 heterocycles. The third kappa shape index (κ3) is 4.99. The second-order valence-corrected chi connectivity index (χ2v) is 9.27. The van der Waals surface area contributed by atoms with Crippen LogP contribution >= 0.6 is 0 Å². The van der Waals surface area contributed by atoms with E-state index in [4.69, 9.17) is 9.72 Å². The maximum Gasteiger partial charge on any atom is 0.141 e. The van der Waals surface area contributed by atoms with Crippen LogP contribution < -0.4 is 4.74 Å².